The van der Waals surface area contributed by atoms with Crippen LogP contribution in [0.1, 0.15) is 48.0 Å². The minimum Gasteiger partial charge on any atom is -0.365 e. The normalized spacial score (nSPS) is 17.3. The van der Waals surface area contributed by atoms with Gasteiger partial charge in [-0.3, -0.25) is 24.2 Å². The zero-order chi connectivity index (χ0) is 25.1. The highest BCUT2D eigenvalue weighted by Gasteiger charge is 2.39. The number of amides is 2. The molecular weight excluding hydrogens is 454 g/mol. The number of aromatic nitrogens is 3. The van der Waals surface area contributed by atoms with Crippen molar-refractivity contribution in [3.63, 3.8) is 0 Å². The number of carbonyl (C=O) groups excluding carboxylic acids is 2. The highest BCUT2D eigenvalue weighted by atomic mass is 16.2. The van der Waals surface area contributed by atoms with Crippen LogP contribution in [0.3, 0.4) is 0 Å². The van der Waals surface area contributed by atoms with E-state index < -0.39 is 11.4 Å². The number of nitriles is 1. The van der Waals surface area contributed by atoms with E-state index in [1.807, 2.05) is 12.1 Å². The van der Waals surface area contributed by atoms with Crippen LogP contribution in [0, 0.1) is 17.2 Å². The Balaban J connectivity index is 1.28. The van der Waals surface area contributed by atoms with Crippen LogP contribution < -0.4 is 11.1 Å². The molecule has 9 nitrogen and oxygen atoms in total. The van der Waals surface area contributed by atoms with Crippen LogP contribution in [0.2, 0.25) is 0 Å². The van der Waals surface area contributed by atoms with Crippen molar-refractivity contribution in [2.45, 2.75) is 44.2 Å². The number of pyridine rings is 1. The Hall–Kier alpha value is -4.03. The van der Waals surface area contributed by atoms with Crippen molar-refractivity contribution in [3.8, 4) is 17.2 Å². The van der Waals surface area contributed by atoms with Crippen LogP contribution in [-0.2, 0) is 16.9 Å². The predicted molar refractivity (Wildman–Crippen MR) is 134 cm³/mol. The monoisotopic (exact) mass is 483 g/mol. The molecule has 2 fully saturated rings. The van der Waals surface area contributed by atoms with E-state index in [-0.39, 0.29) is 29.6 Å². The SMILES string of the molecule is N#CCC1(n2cc(C(N)=O)c(NC(=O)C3CC3)n2)CCN(Cc2ccc(-c3ccncc3)cc2)CC1. The lowest BCUT2D eigenvalue weighted by atomic mass is 9.84. The Labute approximate surface area is 209 Å². The van der Waals surface area contributed by atoms with Gasteiger partial charge in [0.25, 0.3) is 5.91 Å². The molecule has 2 aromatic heterocycles. The fourth-order valence-corrected chi connectivity index (χ4v) is 4.82. The van der Waals surface area contributed by atoms with Gasteiger partial charge in [-0.2, -0.15) is 10.4 Å². The summed E-state index contributed by atoms with van der Waals surface area (Å²) in [6, 6.07) is 14.8. The van der Waals surface area contributed by atoms with Crippen molar-refractivity contribution in [1.82, 2.24) is 19.7 Å². The minimum absolute atomic E-state index is 0.0223. The van der Waals surface area contributed by atoms with E-state index in [1.54, 1.807) is 23.3 Å². The molecular formula is C27H29N7O2. The van der Waals surface area contributed by atoms with E-state index >= 15 is 0 Å². The summed E-state index contributed by atoms with van der Waals surface area (Å²) < 4.78 is 1.69. The molecule has 184 valence electrons. The van der Waals surface area contributed by atoms with E-state index in [0.717, 1.165) is 43.6 Å². The first-order chi connectivity index (χ1) is 17.5. The van der Waals surface area contributed by atoms with Gasteiger partial charge in [0.15, 0.2) is 5.82 Å². The summed E-state index contributed by atoms with van der Waals surface area (Å²) in [5.41, 5.74) is 8.72. The number of nitrogens with two attached hydrogens (primary N) is 1. The van der Waals surface area contributed by atoms with Crippen molar-refractivity contribution in [3.05, 3.63) is 66.1 Å². The lowest BCUT2D eigenvalue weighted by Crippen LogP contribution is -2.46. The second-order valence-corrected chi connectivity index (χ2v) is 9.73. The number of likely N-dealkylation sites (tertiary alicyclic amines) is 1. The number of anilines is 1. The third-order valence-corrected chi connectivity index (χ3v) is 7.22. The van der Waals surface area contributed by atoms with E-state index in [9.17, 15) is 14.9 Å². The highest BCUT2D eigenvalue weighted by molar-refractivity contribution is 6.02. The topological polar surface area (TPSA) is 130 Å². The summed E-state index contributed by atoms with van der Waals surface area (Å²) >= 11 is 0. The van der Waals surface area contributed by atoms with Crippen molar-refractivity contribution >= 4 is 17.6 Å². The molecule has 0 atom stereocenters. The standard InChI is InChI=1S/C27H29N7O2/c28-12-9-27(34-18-23(24(29)35)25(32-34)31-26(36)22-5-6-22)10-15-33(16-11-27)17-19-1-3-20(4-2-19)21-7-13-30-14-8-21/h1-4,7-8,13-14,18,22H,5-6,9-11,15-17H2,(H2,29,35)(H,31,32,36). The summed E-state index contributed by atoms with van der Waals surface area (Å²) in [7, 11) is 0. The zero-order valence-corrected chi connectivity index (χ0v) is 20.1. The fraction of sp³-hybridized carbons (Fsp3) is 0.370. The predicted octanol–water partition coefficient (Wildman–Crippen LogP) is 3.30. The van der Waals surface area contributed by atoms with Crippen molar-refractivity contribution in [1.29, 1.82) is 5.26 Å². The number of carbonyl (C=O) groups is 2. The fourth-order valence-electron chi connectivity index (χ4n) is 4.82. The van der Waals surface area contributed by atoms with Crippen LogP contribution >= 0.6 is 0 Å². The number of nitrogens with zero attached hydrogens (tertiary/aromatic N) is 5. The first kappa shape index (κ1) is 23.7. The molecule has 5 rings (SSSR count). The maximum atomic E-state index is 12.3. The molecule has 1 saturated heterocycles. The second-order valence-electron chi connectivity index (χ2n) is 9.73. The van der Waals surface area contributed by atoms with Gasteiger partial charge in [0.2, 0.25) is 5.91 Å². The number of hydrogen-bond donors (Lipinski definition) is 2. The van der Waals surface area contributed by atoms with Gasteiger partial charge in [-0.15, -0.1) is 0 Å². The highest BCUT2D eigenvalue weighted by Crippen LogP contribution is 2.36. The van der Waals surface area contributed by atoms with E-state index in [2.05, 4.69) is 50.6 Å². The second kappa shape index (κ2) is 9.91. The summed E-state index contributed by atoms with van der Waals surface area (Å²) in [5, 5.41) is 16.9. The largest absolute Gasteiger partial charge is 0.365 e. The molecule has 9 heteroatoms. The first-order valence-corrected chi connectivity index (χ1v) is 12.3. The smallest absolute Gasteiger partial charge is 0.254 e. The van der Waals surface area contributed by atoms with Crippen molar-refractivity contribution in [2.75, 3.05) is 18.4 Å². The lowest BCUT2D eigenvalue weighted by molar-refractivity contribution is -0.117. The van der Waals surface area contributed by atoms with Gasteiger partial charge >= 0.3 is 0 Å². The van der Waals surface area contributed by atoms with Crippen LogP contribution in [-0.4, -0.2) is 44.6 Å². The minimum atomic E-state index is -0.646. The summed E-state index contributed by atoms with van der Waals surface area (Å²) in [6.45, 7) is 2.38. The molecule has 3 N–H and O–H groups in total. The average molecular weight is 484 g/mol. The Morgan fingerprint density at radius 1 is 1.08 bits per heavy atom. The van der Waals surface area contributed by atoms with Crippen molar-refractivity contribution in [2.24, 2.45) is 11.7 Å². The summed E-state index contributed by atoms with van der Waals surface area (Å²) in [5.74, 6) is -0.617. The van der Waals surface area contributed by atoms with Gasteiger partial charge in [0, 0.05) is 44.1 Å². The third-order valence-electron chi connectivity index (χ3n) is 7.22. The molecule has 1 saturated carbocycles. The third kappa shape index (κ3) is 4.99. The number of benzene rings is 1. The van der Waals surface area contributed by atoms with Gasteiger partial charge in [0.1, 0.15) is 5.56 Å². The van der Waals surface area contributed by atoms with Crippen LogP contribution in [0.25, 0.3) is 11.1 Å². The summed E-state index contributed by atoms with van der Waals surface area (Å²) in [4.78, 5) is 30.8. The molecule has 1 aliphatic heterocycles. The molecule has 2 amide bonds. The number of hydrogen-bond acceptors (Lipinski definition) is 6. The number of primary amides is 1. The van der Waals surface area contributed by atoms with Gasteiger partial charge in [0.05, 0.1) is 18.0 Å². The van der Waals surface area contributed by atoms with Crippen LogP contribution in [0.4, 0.5) is 5.82 Å². The van der Waals surface area contributed by atoms with Gasteiger partial charge in [-0.05, 0) is 54.5 Å². The maximum Gasteiger partial charge on any atom is 0.254 e. The van der Waals surface area contributed by atoms with Gasteiger partial charge < -0.3 is 11.1 Å². The van der Waals surface area contributed by atoms with Gasteiger partial charge in [-0.25, -0.2) is 0 Å². The van der Waals surface area contributed by atoms with E-state index in [4.69, 9.17) is 5.73 Å². The Bertz CT molecular complexity index is 1280. The molecule has 36 heavy (non-hydrogen) atoms. The summed E-state index contributed by atoms with van der Waals surface area (Å²) in [6.07, 6.45) is 8.53. The first-order valence-electron chi connectivity index (χ1n) is 12.3. The quantitative estimate of drug-likeness (QED) is 0.506. The average Bonchev–Trinajstić information content (AvgIpc) is 3.66. The zero-order valence-electron chi connectivity index (χ0n) is 20.1. The lowest BCUT2D eigenvalue weighted by Gasteiger charge is -2.40. The Morgan fingerprint density at radius 3 is 2.36 bits per heavy atom. The van der Waals surface area contributed by atoms with E-state index in [1.165, 1.54) is 5.56 Å². The molecule has 3 heterocycles. The molecule has 2 aliphatic rings. The van der Waals surface area contributed by atoms with Crippen molar-refractivity contribution < 1.29 is 9.59 Å². The Morgan fingerprint density at radius 2 is 1.75 bits per heavy atom. The van der Waals surface area contributed by atoms with Gasteiger partial charge in [-0.1, -0.05) is 24.3 Å². The van der Waals surface area contributed by atoms with E-state index in [0.29, 0.717) is 12.8 Å². The molecule has 0 spiro atoms. The van der Waals surface area contributed by atoms with Crippen LogP contribution in [0.5, 0.6) is 0 Å². The molecule has 0 unspecified atom stereocenters. The molecule has 1 aliphatic carbocycles. The number of nitrogens with one attached hydrogen (secondary N) is 1. The molecule has 1 aromatic carbocycles. The molecule has 0 bridgehead atoms. The number of rotatable bonds is 8. The maximum absolute atomic E-state index is 12.3. The Kier molecular flexibility index (Phi) is 6.53. The van der Waals surface area contributed by atoms with Crippen LogP contribution in [0.15, 0.2) is 55.0 Å². The molecule has 3 aromatic rings. The number of piperidine rings is 1. The molecule has 0 radical (unpaired) electrons.